The van der Waals surface area contributed by atoms with Gasteiger partial charge in [-0.1, -0.05) is 25.7 Å². The number of nitrogens with two attached hydrogens (primary N) is 1. The highest BCUT2D eigenvalue weighted by Crippen LogP contribution is 2.28. The molecule has 1 aromatic heterocycles. The molecule has 0 saturated heterocycles. The quantitative estimate of drug-likeness (QED) is 0.790. The van der Waals surface area contributed by atoms with Crippen LogP contribution < -0.4 is 10.5 Å². The zero-order chi connectivity index (χ0) is 13.0. The van der Waals surface area contributed by atoms with Crippen LogP contribution in [-0.2, 0) is 10.0 Å². The molecule has 1 heterocycles. The number of nitrogen functional groups attached to an aromatic ring is 1. The van der Waals surface area contributed by atoms with Crippen molar-refractivity contribution in [2.24, 2.45) is 5.92 Å². The Morgan fingerprint density at radius 3 is 2.72 bits per heavy atom. The maximum atomic E-state index is 11.9. The Kier molecular flexibility index (Phi) is 4.64. The van der Waals surface area contributed by atoms with E-state index in [1.165, 1.54) is 31.7 Å². The summed E-state index contributed by atoms with van der Waals surface area (Å²) in [4.78, 5) is 0. The third kappa shape index (κ3) is 3.70. The number of hydrogen-bond acceptors (Lipinski definition) is 4. The van der Waals surface area contributed by atoms with Crippen LogP contribution in [-0.4, -0.2) is 15.0 Å². The van der Waals surface area contributed by atoms with E-state index in [9.17, 15) is 8.42 Å². The molecular weight excluding hydrogens is 268 g/mol. The van der Waals surface area contributed by atoms with E-state index in [2.05, 4.69) is 4.72 Å². The van der Waals surface area contributed by atoms with Gasteiger partial charge in [-0.3, -0.25) is 0 Å². The first kappa shape index (κ1) is 13.8. The molecule has 1 aliphatic rings. The van der Waals surface area contributed by atoms with Crippen molar-refractivity contribution in [3.63, 3.8) is 0 Å². The van der Waals surface area contributed by atoms with Gasteiger partial charge < -0.3 is 5.73 Å². The summed E-state index contributed by atoms with van der Waals surface area (Å²) in [7, 11) is -3.35. The fourth-order valence-electron chi connectivity index (χ4n) is 2.44. The fraction of sp³-hybridized carbons (Fsp3) is 0.667. The SMILES string of the molecule is Nc1csc(S(=O)(=O)NCCCC2CCCC2)c1. The standard InChI is InChI=1S/C12H20N2O2S2/c13-11-8-12(17-9-11)18(15,16)14-7-3-6-10-4-1-2-5-10/h8-10,14H,1-7,13H2. The molecule has 1 aromatic rings. The average molecular weight is 288 g/mol. The monoisotopic (exact) mass is 288 g/mol. The van der Waals surface area contributed by atoms with Gasteiger partial charge in [0.15, 0.2) is 0 Å². The molecule has 3 N–H and O–H groups in total. The summed E-state index contributed by atoms with van der Waals surface area (Å²) in [6.45, 7) is 0.524. The zero-order valence-corrected chi connectivity index (χ0v) is 12.0. The van der Waals surface area contributed by atoms with E-state index >= 15 is 0 Å². The van der Waals surface area contributed by atoms with Crippen LogP contribution in [0.1, 0.15) is 38.5 Å². The van der Waals surface area contributed by atoms with Crippen molar-refractivity contribution in [1.29, 1.82) is 0 Å². The predicted molar refractivity (Wildman–Crippen MR) is 75.1 cm³/mol. The highest BCUT2D eigenvalue weighted by Gasteiger charge is 2.17. The third-order valence-electron chi connectivity index (χ3n) is 3.42. The van der Waals surface area contributed by atoms with Crippen molar-refractivity contribution in [1.82, 2.24) is 4.72 Å². The minimum absolute atomic E-state index is 0.306. The number of anilines is 1. The number of thiophene rings is 1. The Labute approximate surface area is 113 Å². The van der Waals surface area contributed by atoms with Gasteiger partial charge in [-0.05, 0) is 24.8 Å². The lowest BCUT2D eigenvalue weighted by atomic mass is 10.0. The first-order valence-electron chi connectivity index (χ1n) is 6.41. The first-order valence-corrected chi connectivity index (χ1v) is 8.78. The molecule has 2 rings (SSSR count). The highest BCUT2D eigenvalue weighted by atomic mass is 32.2. The summed E-state index contributed by atoms with van der Waals surface area (Å²) in [6, 6.07) is 1.50. The van der Waals surface area contributed by atoms with Crippen molar-refractivity contribution < 1.29 is 8.42 Å². The van der Waals surface area contributed by atoms with Gasteiger partial charge in [0.25, 0.3) is 0 Å². The molecule has 102 valence electrons. The van der Waals surface area contributed by atoms with E-state index in [1.807, 2.05) is 0 Å². The van der Waals surface area contributed by atoms with Crippen LogP contribution >= 0.6 is 11.3 Å². The molecule has 1 aliphatic carbocycles. The van der Waals surface area contributed by atoms with Gasteiger partial charge in [0.2, 0.25) is 10.0 Å². The van der Waals surface area contributed by atoms with Crippen molar-refractivity contribution in [2.75, 3.05) is 12.3 Å². The molecule has 6 heteroatoms. The van der Waals surface area contributed by atoms with Crippen molar-refractivity contribution in [2.45, 2.75) is 42.7 Å². The van der Waals surface area contributed by atoms with Crippen LogP contribution in [0.4, 0.5) is 5.69 Å². The van der Waals surface area contributed by atoms with Crippen LogP contribution in [0.25, 0.3) is 0 Å². The Balaban J connectivity index is 1.75. The van der Waals surface area contributed by atoms with E-state index < -0.39 is 10.0 Å². The molecule has 0 amide bonds. The van der Waals surface area contributed by atoms with E-state index in [0.717, 1.165) is 30.1 Å². The van der Waals surface area contributed by atoms with E-state index in [0.29, 0.717) is 16.4 Å². The lowest BCUT2D eigenvalue weighted by molar-refractivity contribution is 0.480. The van der Waals surface area contributed by atoms with Crippen LogP contribution in [0.2, 0.25) is 0 Å². The van der Waals surface area contributed by atoms with Gasteiger partial charge in [-0.2, -0.15) is 0 Å². The molecule has 0 atom stereocenters. The molecule has 4 nitrogen and oxygen atoms in total. The highest BCUT2D eigenvalue weighted by molar-refractivity contribution is 7.91. The fourth-order valence-corrected chi connectivity index (χ4v) is 4.64. The first-order chi connectivity index (χ1) is 8.58. The number of rotatable bonds is 6. The molecule has 0 aromatic carbocycles. The maximum absolute atomic E-state index is 11.9. The lowest BCUT2D eigenvalue weighted by Crippen LogP contribution is -2.24. The van der Waals surface area contributed by atoms with E-state index in [4.69, 9.17) is 5.73 Å². The van der Waals surface area contributed by atoms with Gasteiger partial charge in [0.05, 0.1) is 0 Å². The second-order valence-corrected chi connectivity index (χ2v) is 7.79. The van der Waals surface area contributed by atoms with Crippen LogP contribution in [0, 0.1) is 5.92 Å². The minimum Gasteiger partial charge on any atom is -0.398 e. The predicted octanol–water partition coefficient (Wildman–Crippen LogP) is 2.58. The topological polar surface area (TPSA) is 72.2 Å². The third-order valence-corrected chi connectivity index (χ3v) is 6.34. The van der Waals surface area contributed by atoms with Crippen molar-refractivity contribution in [3.05, 3.63) is 11.4 Å². The summed E-state index contributed by atoms with van der Waals surface area (Å²) in [5.41, 5.74) is 6.04. The Morgan fingerprint density at radius 1 is 1.39 bits per heavy atom. The van der Waals surface area contributed by atoms with Crippen LogP contribution in [0.3, 0.4) is 0 Å². The van der Waals surface area contributed by atoms with Crippen LogP contribution in [0.5, 0.6) is 0 Å². The molecule has 1 saturated carbocycles. The molecule has 18 heavy (non-hydrogen) atoms. The van der Waals surface area contributed by atoms with Crippen molar-refractivity contribution >= 4 is 27.0 Å². The van der Waals surface area contributed by atoms with Crippen LogP contribution in [0.15, 0.2) is 15.7 Å². The summed E-state index contributed by atoms with van der Waals surface area (Å²) in [6.07, 6.45) is 7.36. The lowest BCUT2D eigenvalue weighted by Gasteiger charge is -2.09. The van der Waals surface area contributed by atoms with E-state index in [1.54, 1.807) is 5.38 Å². The average Bonchev–Trinajstić information content (AvgIpc) is 2.95. The number of nitrogens with one attached hydrogen (secondary N) is 1. The normalized spacial score (nSPS) is 17.3. The largest absolute Gasteiger partial charge is 0.398 e. The second-order valence-electron chi connectivity index (χ2n) is 4.89. The van der Waals surface area contributed by atoms with Gasteiger partial charge in [-0.25, -0.2) is 13.1 Å². The Morgan fingerprint density at radius 2 is 2.11 bits per heavy atom. The second kappa shape index (κ2) is 6.04. The number of hydrogen-bond donors (Lipinski definition) is 2. The van der Waals surface area contributed by atoms with Gasteiger partial charge >= 0.3 is 0 Å². The van der Waals surface area contributed by atoms with E-state index in [-0.39, 0.29) is 0 Å². The summed E-state index contributed by atoms with van der Waals surface area (Å²) >= 11 is 1.16. The summed E-state index contributed by atoms with van der Waals surface area (Å²) < 4.78 is 26.7. The Hall–Kier alpha value is -0.590. The van der Waals surface area contributed by atoms with Gasteiger partial charge in [0, 0.05) is 17.6 Å². The molecule has 1 fully saturated rings. The summed E-state index contributed by atoms with van der Waals surface area (Å²) in [5, 5.41) is 1.65. The smallest absolute Gasteiger partial charge is 0.250 e. The van der Waals surface area contributed by atoms with Gasteiger partial charge in [0.1, 0.15) is 4.21 Å². The Bertz CT molecular complexity index is 476. The summed E-state index contributed by atoms with van der Waals surface area (Å²) in [5.74, 6) is 0.812. The molecule has 0 aliphatic heterocycles. The van der Waals surface area contributed by atoms with Crippen molar-refractivity contribution in [3.8, 4) is 0 Å². The maximum Gasteiger partial charge on any atom is 0.250 e. The molecular formula is C12H20N2O2S2. The molecule has 0 unspecified atom stereocenters. The van der Waals surface area contributed by atoms with Gasteiger partial charge in [-0.15, -0.1) is 11.3 Å². The molecule has 0 bridgehead atoms. The molecule has 0 radical (unpaired) electrons. The molecule has 0 spiro atoms. The minimum atomic E-state index is -3.35. The number of sulfonamides is 1. The zero-order valence-electron chi connectivity index (χ0n) is 10.4.